The lowest BCUT2D eigenvalue weighted by Crippen LogP contribution is -2.27. The summed E-state index contributed by atoms with van der Waals surface area (Å²) >= 11 is 0. The van der Waals surface area contributed by atoms with Crippen LogP contribution in [0, 0.1) is 0 Å². The molecule has 6 heteroatoms. The van der Waals surface area contributed by atoms with E-state index < -0.39 is 10.0 Å². The van der Waals surface area contributed by atoms with Gasteiger partial charge < -0.3 is 0 Å². The Labute approximate surface area is 96.9 Å². The predicted octanol–water partition coefficient (Wildman–Crippen LogP) is 1.12. The highest BCUT2D eigenvalue weighted by Crippen LogP contribution is 2.00. The minimum absolute atomic E-state index is 0.198. The molecule has 0 unspecified atom stereocenters. The molecule has 5 nitrogen and oxygen atoms in total. The van der Waals surface area contributed by atoms with E-state index in [9.17, 15) is 8.42 Å². The summed E-state index contributed by atoms with van der Waals surface area (Å²) in [5, 5.41) is 4.08. The molecule has 92 valence electrons. The van der Waals surface area contributed by atoms with Crippen LogP contribution < -0.4 is 4.72 Å². The van der Waals surface area contributed by atoms with E-state index in [-0.39, 0.29) is 5.75 Å². The molecule has 1 aromatic rings. The van der Waals surface area contributed by atoms with E-state index in [4.69, 9.17) is 0 Å². The van der Waals surface area contributed by atoms with Gasteiger partial charge in [-0.15, -0.1) is 0 Å². The number of aryl methyl sites for hydroxylation is 1. The summed E-state index contributed by atoms with van der Waals surface area (Å²) in [5.41, 5.74) is 0.891. The maximum Gasteiger partial charge on any atom is 0.211 e. The van der Waals surface area contributed by atoms with Crippen LogP contribution in [0.4, 0.5) is 0 Å². The second kappa shape index (κ2) is 6.00. The summed E-state index contributed by atoms with van der Waals surface area (Å²) in [5.74, 6) is 0.198. The minimum Gasteiger partial charge on any atom is -0.269 e. The van der Waals surface area contributed by atoms with Crippen LogP contribution in [-0.2, 0) is 23.1 Å². The molecular formula is C10H19N3O2S. The molecule has 0 fully saturated rings. The second-order valence-corrected chi connectivity index (χ2v) is 5.56. The molecule has 0 aliphatic rings. The van der Waals surface area contributed by atoms with Gasteiger partial charge in [-0.25, -0.2) is 13.1 Å². The van der Waals surface area contributed by atoms with Gasteiger partial charge in [0, 0.05) is 12.7 Å². The van der Waals surface area contributed by atoms with Gasteiger partial charge in [0.2, 0.25) is 10.0 Å². The van der Waals surface area contributed by atoms with Gasteiger partial charge in [-0.05, 0) is 19.4 Å². The number of nitrogens with one attached hydrogen (secondary N) is 1. The van der Waals surface area contributed by atoms with Crippen molar-refractivity contribution in [1.29, 1.82) is 0 Å². The molecular weight excluding hydrogens is 226 g/mol. The maximum atomic E-state index is 11.5. The Morgan fingerprint density at radius 2 is 2.19 bits per heavy atom. The summed E-state index contributed by atoms with van der Waals surface area (Å²) in [6, 6.07) is 1.83. The number of nitrogens with zero attached hydrogens (tertiary/aromatic N) is 2. The quantitative estimate of drug-likeness (QED) is 0.783. The van der Waals surface area contributed by atoms with Gasteiger partial charge in [0.1, 0.15) is 0 Å². The summed E-state index contributed by atoms with van der Waals surface area (Å²) in [4.78, 5) is 0. The van der Waals surface area contributed by atoms with Crippen LogP contribution in [0.2, 0.25) is 0 Å². The molecule has 0 saturated heterocycles. The van der Waals surface area contributed by atoms with Gasteiger partial charge in [0.05, 0.1) is 18.0 Å². The van der Waals surface area contributed by atoms with Crippen LogP contribution in [-0.4, -0.2) is 24.0 Å². The van der Waals surface area contributed by atoms with Gasteiger partial charge >= 0.3 is 0 Å². The zero-order valence-electron chi connectivity index (χ0n) is 9.81. The van der Waals surface area contributed by atoms with Crippen LogP contribution in [0.25, 0.3) is 0 Å². The molecule has 0 saturated carbocycles. The highest BCUT2D eigenvalue weighted by Gasteiger charge is 2.10. The maximum absolute atomic E-state index is 11.5. The summed E-state index contributed by atoms with van der Waals surface area (Å²) < 4.78 is 27.4. The molecule has 1 heterocycles. The molecule has 0 bridgehead atoms. The number of rotatable bonds is 7. The molecule has 0 aliphatic heterocycles. The van der Waals surface area contributed by atoms with Crippen LogP contribution in [0.1, 0.15) is 32.4 Å². The zero-order valence-corrected chi connectivity index (χ0v) is 10.6. The number of unbranched alkanes of at least 4 members (excludes halogenated alkanes) is 1. The van der Waals surface area contributed by atoms with Crippen molar-refractivity contribution < 1.29 is 8.42 Å². The van der Waals surface area contributed by atoms with Crippen molar-refractivity contribution in [1.82, 2.24) is 14.5 Å². The van der Waals surface area contributed by atoms with Crippen molar-refractivity contribution in [2.45, 2.75) is 39.8 Å². The van der Waals surface area contributed by atoms with E-state index in [1.807, 2.05) is 19.9 Å². The number of hydrogen-bond acceptors (Lipinski definition) is 3. The molecule has 1 N–H and O–H groups in total. The summed E-state index contributed by atoms with van der Waals surface area (Å²) in [6.07, 6.45) is 3.26. The summed E-state index contributed by atoms with van der Waals surface area (Å²) in [7, 11) is -3.14. The van der Waals surface area contributed by atoms with Crippen molar-refractivity contribution >= 4 is 10.0 Å². The van der Waals surface area contributed by atoms with Crippen molar-refractivity contribution in [3.05, 3.63) is 18.0 Å². The molecule has 0 atom stereocenters. The van der Waals surface area contributed by atoms with E-state index in [0.29, 0.717) is 13.0 Å². The van der Waals surface area contributed by atoms with Crippen molar-refractivity contribution in [2.75, 3.05) is 5.75 Å². The summed E-state index contributed by atoms with van der Waals surface area (Å²) in [6.45, 7) is 5.02. The first-order chi connectivity index (χ1) is 7.59. The number of sulfonamides is 1. The lowest BCUT2D eigenvalue weighted by atomic mass is 10.4. The Balaban J connectivity index is 2.51. The molecule has 0 amide bonds. The first kappa shape index (κ1) is 13.2. The lowest BCUT2D eigenvalue weighted by Gasteiger charge is -2.07. The SMILES string of the molecule is CCCCS(=O)(=O)NCc1ccnn1CC. The monoisotopic (exact) mass is 245 g/mol. The smallest absolute Gasteiger partial charge is 0.211 e. The molecule has 1 aromatic heterocycles. The number of aromatic nitrogens is 2. The van der Waals surface area contributed by atoms with Gasteiger partial charge in [-0.3, -0.25) is 4.68 Å². The lowest BCUT2D eigenvalue weighted by molar-refractivity contribution is 0.568. The Hall–Kier alpha value is -0.880. The van der Waals surface area contributed by atoms with Gasteiger partial charge in [-0.2, -0.15) is 5.10 Å². The fourth-order valence-electron chi connectivity index (χ4n) is 1.39. The topological polar surface area (TPSA) is 64.0 Å². The first-order valence-electron chi connectivity index (χ1n) is 5.57. The molecule has 16 heavy (non-hydrogen) atoms. The Morgan fingerprint density at radius 3 is 2.81 bits per heavy atom. The number of hydrogen-bond donors (Lipinski definition) is 1. The van der Waals surface area contributed by atoms with E-state index in [1.165, 1.54) is 0 Å². The Morgan fingerprint density at radius 1 is 1.44 bits per heavy atom. The third kappa shape index (κ3) is 3.94. The Bertz CT molecular complexity index is 411. The standard InChI is InChI=1S/C10H19N3O2S/c1-3-5-8-16(14,15)12-9-10-6-7-11-13(10)4-2/h6-7,12H,3-5,8-9H2,1-2H3. The van der Waals surface area contributed by atoms with Crippen LogP contribution >= 0.6 is 0 Å². The molecule has 0 radical (unpaired) electrons. The van der Waals surface area contributed by atoms with Crippen molar-refractivity contribution in [3.63, 3.8) is 0 Å². The average Bonchev–Trinajstić information content (AvgIpc) is 2.71. The largest absolute Gasteiger partial charge is 0.269 e. The average molecular weight is 245 g/mol. The van der Waals surface area contributed by atoms with E-state index in [1.54, 1.807) is 10.9 Å². The molecule has 0 aliphatic carbocycles. The Kier molecular flexibility index (Phi) is 4.95. The predicted molar refractivity (Wildman–Crippen MR) is 63.4 cm³/mol. The van der Waals surface area contributed by atoms with E-state index in [2.05, 4.69) is 9.82 Å². The van der Waals surface area contributed by atoms with Crippen LogP contribution in [0.15, 0.2) is 12.3 Å². The van der Waals surface area contributed by atoms with Gasteiger partial charge in [0.25, 0.3) is 0 Å². The van der Waals surface area contributed by atoms with E-state index in [0.717, 1.165) is 18.7 Å². The highest BCUT2D eigenvalue weighted by molar-refractivity contribution is 7.89. The van der Waals surface area contributed by atoms with Crippen molar-refractivity contribution in [3.8, 4) is 0 Å². The van der Waals surface area contributed by atoms with E-state index >= 15 is 0 Å². The second-order valence-electron chi connectivity index (χ2n) is 3.63. The normalized spacial score (nSPS) is 11.9. The van der Waals surface area contributed by atoms with Gasteiger partial charge in [-0.1, -0.05) is 13.3 Å². The van der Waals surface area contributed by atoms with Crippen LogP contribution in [0.5, 0.6) is 0 Å². The highest BCUT2D eigenvalue weighted by atomic mass is 32.2. The zero-order chi connectivity index (χ0) is 12.0. The third-order valence-electron chi connectivity index (χ3n) is 2.34. The van der Waals surface area contributed by atoms with Crippen molar-refractivity contribution in [2.24, 2.45) is 0 Å². The minimum atomic E-state index is -3.14. The molecule has 0 aromatic carbocycles. The fourth-order valence-corrected chi connectivity index (χ4v) is 2.57. The first-order valence-corrected chi connectivity index (χ1v) is 7.22. The molecule has 1 rings (SSSR count). The van der Waals surface area contributed by atoms with Crippen LogP contribution in [0.3, 0.4) is 0 Å². The third-order valence-corrected chi connectivity index (χ3v) is 3.75. The fraction of sp³-hybridized carbons (Fsp3) is 0.700. The molecule has 0 spiro atoms. The van der Waals surface area contributed by atoms with Gasteiger partial charge in [0.15, 0.2) is 0 Å².